The van der Waals surface area contributed by atoms with E-state index in [1.54, 1.807) is 0 Å². The number of aromatic nitrogens is 2. The van der Waals surface area contributed by atoms with Gasteiger partial charge in [-0.05, 0) is 56.5 Å². The lowest BCUT2D eigenvalue weighted by atomic mass is 10.1. The summed E-state index contributed by atoms with van der Waals surface area (Å²) >= 11 is 0. The number of hydrogen-bond donors (Lipinski definition) is 1. The van der Waals surface area contributed by atoms with Crippen LogP contribution in [-0.2, 0) is 17.8 Å². The molecule has 7 heteroatoms. The molecule has 27 heavy (non-hydrogen) atoms. The molecule has 0 aliphatic carbocycles. The average Bonchev–Trinajstić information content (AvgIpc) is 3.39. The van der Waals surface area contributed by atoms with Crippen LogP contribution in [0, 0.1) is 0 Å². The number of piperidine rings is 1. The molecule has 1 atom stereocenters. The molecule has 2 fully saturated rings. The third kappa shape index (κ3) is 4.73. The summed E-state index contributed by atoms with van der Waals surface area (Å²) in [6.45, 7) is 4.26. The van der Waals surface area contributed by atoms with Crippen LogP contribution in [0.3, 0.4) is 0 Å². The Morgan fingerprint density at radius 2 is 1.96 bits per heavy atom. The van der Waals surface area contributed by atoms with Crippen molar-refractivity contribution < 1.29 is 14.1 Å². The maximum atomic E-state index is 12.3. The van der Waals surface area contributed by atoms with Gasteiger partial charge in [-0.25, -0.2) is 0 Å². The zero-order chi connectivity index (χ0) is 18.5. The molecule has 1 N–H and O–H groups in total. The fourth-order valence-electron chi connectivity index (χ4n) is 3.64. The smallest absolute Gasteiger partial charge is 0.255 e. The molecule has 2 aliphatic heterocycles. The van der Waals surface area contributed by atoms with Gasteiger partial charge < -0.3 is 14.6 Å². The normalized spacial score (nSPS) is 20.7. The van der Waals surface area contributed by atoms with E-state index < -0.39 is 0 Å². The zero-order valence-corrected chi connectivity index (χ0v) is 15.5. The number of rotatable bonds is 6. The molecule has 0 bridgehead atoms. The molecule has 2 saturated heterocycles. The highest BCUT2D eigenvalue weighted by Crippen LogP contribution is 2.26. The number of carbonyl (C=O) groups excluding carboxylic acids is 1. The number of nitrogens with zero attached hydrogens (tertiary/aromatic N) is 3. The molecule has 7 nitrogen and oxygen atoms in total. The number of benzene rings is 1. The highest BCUT2D eigenvalue weighted by atomic mass is 16.5. The molecule has 1 aromatic heterocycles. The molecule has 144 valence electrons. The van der Waals surface area contributed by atoms with E-state index in [9.17, 15) is 4.79 Å². The Kier molecular flexibility index (Phi) is 5.79. The topological polar surface area (TPSA) is 80.5 Å². The van der Waals surface area contributed by atoms with Crippen molar-refractivity contribution in [3.8, 4) is 0 Å². The summed E-state index contributed by atoms with van der Waals surface area (Å²) in [5, 5.41) is 6.76. The maximum Gasteiger partial charge on any atom is 0.255 e. The largest absolute Gasteiger partial charge is 0.368 e. The number of nitrogens with one attached hydrogen (secondary N) is 1. The van der Waals surface area contributed by atoms with Gasteiger partial charge in [0.25, 0.3) is 11.8 Å². The third-order valence-electron chi connectivity index (χ3n) is 5.17. The number of carbonyl (C=O) groups is 1. The first-order valence-electron chi connectivity index (χ1n) is 9.81. The van der Waals surface area contributed by atoms with Crippen molar-refractivity contribution >= 4 is 5.91 Å². The van der Waals surface area contributed by atoms with Crippen LogP contribution in [0.25, 0.3) is 0 Å². The molecule has 1 amide bonds. The summed E-state index contributed by atoms with van der Waals surface area (Å²) in [6, 6.07) is 7.83. The van der Waals surface area contributed by atoms with Crippen molar-refractivity contribution in [1.29, 1.82) is 0 Å². The highest BCUT2D eigenvalue weighted by Gasteiger charge is 2.23. The summed E-state index contributed by atoms with van der Waals surface area (Å²) in [5.41, 5.74) is 1.88. The van der Waals surface area contributed by atoms with Gasteiger partial charge >= 0.3 is 0 Å². The van der Waals surface area contributed by atoms with Gasteiger partial charge in [0.1, 0.15) is 6.10 Å². The van der Waals surface area contributed by atoms with Crippen molar-refractivity contribution in [2.75, 3.05) is 19.7 Å². The minimum Gasteiger partial charge on any atom is -0.368 e. The fraction of sp³-hybridized carbons (Fsp3) is 0.550. The molecule has 2 aromatic rings. The predicted octanol–water partition coefficient (Wildman–Crippen LogP) is 2.84. The van der Waals surface area contributed by atoms with Crippen LogP contribution in [0.4, 0.5) is 0 Å². The first-order chi connectivity index (χ1) is 13.3. The Morgan fingerprint density at radius 3 is 2.70 bits per heavy atom. The van der Waals surface area contributed by atoms with E-state index in [0.29, 0.717) is 17.3 Å². The minimum atomic E-state index is -0.136. The third-order valence-corrected chi connectivity index (χ3v) is 5.17. The molecule has 4 rings (SSSR count). The highest BCUT2D eigenvalue weighted by molar-refractivity contribution is 5.94. The van der Waals surface area contributed by atoms with Crippen LogP contribution >= 0.6 is 0 Å². The van der Waals surface area contributed by atoms with E-state index >= 15 is 0 Å². The van der Waals surface area contributed by atoms with Gasteiger partial charge in [-0.1, -0.05) is 23.7 Å². The van der Waals surface area contributed by atoms with Crippen LogP contribution in [0.1, 0.15) is 65.8 Å². The molecule has 0 unspecified atom stereocenters. The first-order valence-corrected chi connectivity index (χ1v) is 9.81. The molecule has 2 aliphatic rings. The Labute approximate surface area is 159 Å². The van der Waals surface area contributed by atoms with Gasteiger partial charge in [-0.2, -0.15) is 4.98 Å². The van der Waals surface area contributed by atoms with Gasteiger partial charge in [0.05, 0.1) is 6.54 Å². The maximum absolute atomic E-state index is 12.3. The quantitative estimate of drug-likeness (QED) is 0.842. The second-order valence-corrected chi connectivity index (χ2v) is 7.27. The SMILES string of the molecule is O=C(NCc1noc([C@@H]2CCCO2)n1)c1ccc(CN2CCCCC2)cc1. The van der Waals surface area contributed by atoms with Crippen molar-refractivity contribution in [3.05, 3.63) is 47.1 Å². The molecule has 0 spiro atoms. The van der Waals surface area contributed by atoms with E-state index in [1.807, 2.05) is 24.3 Å². The molecule has 0 radical (unpaired) electrons. The lowest BCUT2D eigenvalue weighted by molar-refractivity contribution is 0.0835. The van der Waals surface area contributed by atoms with Crippen molar-refractivity contribution in [1.82, 2.24) is 20.4 Å². The van der Waals surface area contributed by atoms with E-state index in [2.05, 4.69) is 20.4 Å². The monoisotopic (exact) mass is 370 g/mol. The first kappa shape index (κ1) is 18.1. The van der Waals surface area contributed by atoms with Crippen LogP contribution < -0.4 is 5.32 Å². The minimum absolute atomic E-state index is 0.102. The van der Waals surface area contributed by atoms with E-state index in [4.69, 9.17) is 9.26 Å². The molecule has 3 heterocycles. The van der Waals surface area contributed by atoms with Crippen LogP contribution in [0.5, 0.6) is 0 Å². The van der Waals surface area contributed by atoms with Gasteiger partial charge in [0, 0.05) is 18.7 Å². The zero-order valence-electron chi connectivity index (χ0n) is 15.5. The van der Waals surface area contributed by atoms with E-state index in [1.165, 1.54) is 37.9 Å². The van der Waals surface area contributed by atoms with Crippen LogP contribution in [-0.4, -0.2) is 40.6 Å². The second-order valence-electron chi connectivity index (χ2n) is 7.27. The Bertz CT molecular complexity index is 747. The van der Waals surface area contributed by atoms with Gasteiger partial charge in [0.15, 0.2) is 5.82 Å². The van der Waals surface area contributed by atoms with Crippen molar-refractivity contribution in [3.63, 3.8) is 0 Å². The molecule has 1 aromatic carbocycles. The summed E-state index contributed by atoms with van der Waals surface area (Å²) in [4.78, 5) is 19.1. The number of hydrogen-bond acceptors (Lipinski definition) is 6. The number of amides is 1. The van der Waals surface area contributed by atoms with Crippen LogP contribution in [0.2, 0.25) is 0 Å². The van der Waals surface area contributed by atoms with E-state index in [-0.39, 0.29) is 18.6 Å². The fourth-order valence-corrected chi connectivity index (χ4v) is 3.64. The summed E-state index contributed by atoms with van der Waals surface area (Å²) in [7, 11) is 0. The van der Waals surface area contributed by atoms with Crippen molar-refractivity contribution in [2.45, 2.75) is 51.3 Å². The van der Waals surface area contributed by atoms with Crippen LogP contribution in [0.15, 0.2) is 28.8 Å². The van der Waals surface area contributed by atoms with Crippen molar-refractivity contribution in [2.24, 2.45) is 0 Å². The molecule has 0 saturated carbocycles. The number of ether oxygens (including phenoxy) is 1. The lowest BCUT2D eigenvalue weighted by Gasteiger charge is -2.26. The van der Waals surface area contributed by atoms with Gasteiger partial charge in [0.2, 0.25) is 0 Å². The Hall–Kier alpha value is -2.25. The van der Waals surface area contributed by atoms with Gasteiger partial charge in [-0.3, -0.25) is 9.69 Å². The Morgan fingerprint density at radius 1 is 1.15 bits per heavy atom. The second kappa shape index (κ2) is 8.63. The molecular formula is C20H26N4O3. The standard InChI is InChI=1S/C20H26N4O3/c25-19(21-13-18-22-20(27-23-18)17-5-4-12-26-17)16-8-6-15(7-9-16)14-24-10-2-1-3-11-24/h6-9,17H,1-5,10-14H2,(H,21,25)/t17-/m0/s1. The summed E-state index contributed by atoms with van der Waals surface area (Å²) in [6.07, 6.45) is 5.71. The Balaban J connectivity index is 1.27. The predicted molar refractivity (Wildman–Crippen MR) is 99.0 cm³/mol. The molecular weight excluding hydrogens is 344 g/mol. The summed E-state index contributed by atoms with van der Waals surface area (Å²) < 4.78 is 10.8. The lowest BCUT2D eigenvalue weighted by Crippen LogP contribution is -2.29. The summed E-state index contributed by atoms with van der Waals surface area (Å²) in [5.74, 6) is 0.831. The van der Waals surface area contributed by atoms with Gasteiger partial charge in [-0.15, -0.1) is 0 Å². The number of likely N-dealkylation sites (tertiary alicyclic amines) is 1. The average molecular weight is 370 g/mol. The van der Waals surface area contributed by atoms with E-state index in [0.717, 1.165) is 26.0 Å².